The molecule has 4 heteroatoms. The molecule has 3 aromatic carbocycles. The number of hydrogen-bond acceptors (Lipinski definition) is 2. The van der Waals surface area contributed by atoms with Gasteiger partial charge in [0.1, 0.15) is 0 Å². The number of allylic oxidation sites excluding steroid dienone is 12. The van der Waals surface area contributed by atoms with E-state index in [2.05, 4.69) is 240 Å². The van der Waals surface area contributed by atoms with E-state index in [-0.39, 0.29) is 16.7 Å². The van der Waals surface area contributed by atoms with E-state index in [9.17, 15) is 0 Å². The smallest absolute Gasteiger partial charge is 0.0520 e. The van der Waals surface area contributed by atoms with Crippen LogP contribution in [0.3, 0.4) is 0 Å². The Hall–Kier alpha value is -3.86. The van der Waals surface area contributed by atoms with E-state index in [1.807, 2.05) is 6.08 Å². The lowest BCUT2D eigenvalue weighted by atomic mass is 9.84. The van der Waals surface area contributed by atoms with Crippen LogP contribution in [-0.4, -0.2) is 11.9 Å². The minimum atomic E-state index is 0.0694. The molecule has 0 spiro atoms. The van der Waals surface area contributed by atoms with Crippen LogP contribution in [-0.2, 0) is 10.8 Å². The zero-order valence-corrected chi connectivity index (χ0v) is 38.3. The molecule has 0 radical (unpaired) electrons. The molecule has 3 aromatic rings. The predicted molar refractivity (Wildman–Crippen MR) is 251 cm³/mol. The molecule has 0 heterocycles. The summed E-state index contributed by atoms with van der Waals surface area (Å²) in [5.74, 6) is 0.0969. The average molecular weight is 863 g/mol. The quantitative estimate of drug-likeness (QED) is 0.0960. The molecular weight excluding hydrogens is 800 g/mol. The Morgan fingerprint density at radius 3 is 1.85 bits per heavy atom. The van der Waals surface area contributed by atoms with E-state index in [1.54, 1.807) is 0 Å². The lowest BCUT2D eigenvalue weighted by Crippen LogP contribution is -2.24. The van der Waals surface area contributed by atoms with Gasteiger partial charge in [-0.05, 0) is 133 Å². The number of nitrogens with zero attached hydrogens (tertiary/aromatic N) is 2. The Morgan fingerprint density at radius 1 is 0.782 bits per heavy atom. The molecule has 1 aliphatic rings. The summed E-state index contributed by atoms with van der Waals surface area (Å²) in [4.78, 5) is 4.85. The van der Waals surface area contributed by atoms with E-state index in [0.29, 0.717) is 0 Å². The van der Waals surface area contributed by atoms with E-state index < -0.39 is 0 Å². The van der Waals surface area contributed by atoms with Crippen molar-refractivity contribution in [2.45, 2.75) is 93.4 Å². The van der Waals surface area contributed by atoms with Gasteiger partial charge in [0.15, 0.2) is 0 Å². The third-order valence-electron chi connectivity index (χ3n) is 10.1. The molecule has 1 unspecified atom stereocenters. The van der Waals surface area contributed by atoms with E-state index >= 15 is 0 Å². The fourth-order valence-corrected chi connectivity index (χ4v) is 7.63. The topological polar surface area (TPSA) is 6.48 Å². The molecule has 0 fully saturated rings. The largest absolute Gasteiger partial charge is 0.337 e. The molecule has 0 N–H and O–H groups in total. The van der Waals surface area contributed by atoms with Crippen LogP contribution in [0.4, 0.5) is 17.1 Å². The van der Waals surface area contributed by atoms with Crippen LogP contribution in [0, 0.1) is 33.6 Å². The maximum Gasteiger partial charge on any atom is 0.0520 e. The monoisotopic (exact) mass is 860 g/mol. The van der Waals surface area contributed by atoms with Crippen molar-refractivity contribution in [1.29, 1.82) is 0 Å². The van der Waals surface area contributed by atoms with Crippen molar-refractivity contribution in [3.63, 3.8) is 0 Å². The highest BCUT2D eigenvalue weighted by Crippen LogP contribution is 2.40. The Labute approximate surface area is 350 Å². The third kappa shape index (κ3) is 11.4. The second-order valence-corrected chi connectivity index (χ2v) is 18.2. The number of rotatable bonds is 13. The van der Waals surface area contributed by atoms with Gasteiger partial charge in [0.2, 0.25) is 0 Å². The number of halogens is 2. The molecular formula is C51H62Br2N2. The summed E-state index contributed by atoms with van der Waals surface area (Å²) in [6.45, 7) is 29.6. The van der Waals surface area contributed by atoms with Crippen molar-refractivity contribution in [3.05, 3.63) is 183 Å². The first kappa shape index (κ1) is 43.9. The van der Waals surface area contributed by atoms with Gasteiger partial charge in [0.25, 0.3) is 0 Å². The maximum atomic E-state index is 4.05. The fourth-order valence-electron chi connectivity index (χ4n) is 7.18. The highest BCUT2D eigenvalue weighted by Gasteiger charge is 2.23. The molecule has 55 heavy (non-hydrogen) atoms. The van der Waals surface area contributed by atoms with Crippen LogP contribution in [0.15, 0.2) is 149 Å². The lowest BCUT2D eigenvalue weighted by molar-refractivity contribution is 0.589. The molecule has 0 bridgehead atoms. The van der Waals surface area contributed by atoms with Crippen molar-refractivity contribution >= 4 is 48.9 Å². The molecule has 0 aliphatic heterocycles. The molecule has 0 aromatic heterocycles. The summed E-state index contributed by atoms with van der Waals surface area (Å²) in [5, 5.41) is 0.806. The molecule has 0 amide bonds. The summed E-state index contributed by atoms with van der Waals surface area (Å²) >= 11 is 7.25. The number of aryl methyl sites for hydroxylation is 4. The highest BCUT2D eigenvalue weighted by molar-refractivity contribution is 9.10. The van der Waals surface area contributed by atoms with Gasteiger partial charge < -0.3 is 9.80 Å². The molecule has 2 nitrogen and oxygen atoms in total. The summed E-state index contributed by atoms with van der Waals surface area (Å²) in [7, 11) is 0. The zero-order chi connectivity index (χ0) is 40.5. The van der Waals surface area contributed by atoms with Crippen LogP contribution in [0.25, 0.3) is 0 Å². The molecule has 4 rings (SSSR count). The van der Waals surface area contributed by atoms with Crippen molar-refractivity contribution in [3.8, 4) is 0 Å². The zero-order valence-electron chi connectivity index (χ0n) is 35.1. The lowest BCUT2D eigenvalue weighted by Gasteiger charge is -2.31. The van der Waals surface area contributed by atoms with Crippen LogP contribution >= 0.6 is 31.9 Å². The standard InChI is InChI=1S/C51H62Br2N2/c1-13-15-19-40(21-18-31-54(45(14-2)23-17-30-52)48-36(3)32-42(33-37(48)4)50(7,8)9)41-20-16-22-46(27-24-41)55(47-28-25-44(53)26-29-47)49-38(5)34-43(35-39(49)6)51(10,11)12/h13-14,16-29,32-35,41H,1,15,30-31H2,2-12H3/b21-18-,23-17-,40-19+,45-14+. The Kier molecular flexibility index (Phi) is 15.4. The fraction of sp³-hybridized carbons (Fsp3) is 0.333. The predicted octanol–water partition coefficient (Wildman–Crippen LogP) is 15.5. The Morgan fingerprint density at radius 2 is 1.35 bits per heavy atom. The normalized spacial score (nSPS) is 15.5. The SMILES string of the molecule is C=CC/C=C(\C=C/CN(C(/C=C\CBr)=C/C)c1c(C)cc(C(C)(C)C)cc1C)C1C=CC=C(N(c2ccc(Br)cc2)c2c(C)cc(C(C)(C)C)cc2C)C=C1. The third-order valence-corrected chi connectivity index (χ3v) is 11.0. The van der Waals surface area contributed by atoms with Crippen LogP contribution < -0.4 is 9.80 Å². The van der Waals surface area contributed by atoms with Crippen molar-refractivity contribution in [1.82, 2.24) is 0 Å². The van der Waals surface area contributed by atoms with Gasteiger partial charge in [-0.2, -0.15) is 0 Å². The van der Waals surface area contributed by atoms with Crippen molar-refractivity contribution in [2.24, 2.45) is 5.92 Å². The van der Waals surface area contributed by atoms with Gasteiger partial charge >= 0.3 is 0 Å². The van der Waals surface area contributed by atoms with Gasteiger partial charge in [-0.1, -0.05) is 152 Å². The molecule has 0 saturated heterocycles. The van der Waals surface area contributed by atoms with Crippen molar-refractivity contribution < 1.29 is 0 Å². The number of alkyl halides is 1. The van der Waals surface area contributed by atoms with Gasteiger partial charge in [0.05, 0.1) is 5.69 Å². The molecule has 290 valence electrons. The van der Waals surface area contributed by atoms with Crippen LogP contribution in [0.1, 0.15) is 88.3 Å². The molecule has 1 atom stereocenters. The summed E-state index contributed by atoms with van der Waals surface area (Å²) in [6, 6.07) is 18.1. The first-order valence-corrected chi connectivity index (χ1v) is 21.4. The number of hydrogen-bond donors (Lipinski definition) is 0. The first-order valence-electron chi connectivity index (χ1n) is 19.5. The number of benzene rings is 3. The minimum absolute atomic E-state index is 0.0694. The van der Waals surface area contributed by atoms with Gasteiger partial charge in [-0.3, -0.25) is 0 Å². The Bertz CT molecular complexity index is 1990. The van der Waals surface area contributed by atoms with Crippen molar-refractivity contribution in [2.75, 3.05) is 21.7 Å². The average Bonchev–Trinajstić information content (AvgIpc) is 3.36. The highest BCUT2D eigenvalue weighted by atomic mass is 79.9. The van der Waals surface area contributed by atoms with E-state index in [1.165, 1.54) is 56.0 Å². The van der Waals surface area contributed by atoms with Gasteiger partial charge in [-0.15, -0.1) is 6.58 Å². The van der Waals surface area contributed by atoms with Crippen LogP contribution in [0.2, 0.25) is 0 Å². The van der Waals surface area contributed by atoms with Gasteiger partial charge in [-0.25, -0.2) is 0 Å². The first-order chi connectivity index (χ1) is 26.0. The second-order valence-electron chi connectivity index (χ2n) is 16.6. The number of anilines is 3. The van der Waals surface area contributed by atoms with E-state index in [4.69, 9.17) is 0 Å². The molecule has 0 saturated carbocycles. The summed E-state index contributed by atoms with van der Waals surface area (Å²) in [6.07, 6.45) is 27.7. The second kappa shape index (κ2) is 19.3. The van der Waals surface area contributed by atoms with Crippen LogP contribution in [0.5, 0.6) is 0 Å². The Balaban J connectivity index is 1.73. The van der Waals surface area contributed by atoms with Gasteiger partial charge in [0, 0.05) is 45.0 Å². The summed E-state index contributed by atoms with van der Waals surface area (Å²) < 4.78 is 1.06. The molecule has 1 aliphatic carbocycles. The maximum absolute atomic E-state index is 4.05. The summed E-state index contributed by atoms with van der Waals surface area (Å²) in [5.41, 5.74) is 15.1. The minimum Gasteiger partial charge on any atom is -0.337 e. The van der Waals surface area contributed by atoms with E-state index in [0.717, 1.165) is 34.2 Å².